The third-order valence-electron chi connectivity index (χ3n) is 4.34. The van der Waals surface area contributed by atoms with Crippen molar-refractivity contribution in [2.24, 2.45) is 0 Å². The van der Waals surface area contributed by atoms with E-state index in [-0.39, 0.29) is 23.6 Å². The van der Waals surface area contributed by atoms with Gasteiger partial charge in [-0.2, -0.15) is 9.61 Å². The van der Waals surface area contributed by atoms with E-state index in [0.29, 0.717) is 9.97 Å². The molecular weight excluding hydrogens is 329 g/mol. The van der Waals surface area contributed by atoms with Crippen molar-refractivity contribution in [1.82, 2.24) is 24.7 Å². The van der Waals surface area contributed by atoms with E-state index in [4.69, 9.17) is 0 Å². The summed E-state index contributed by atoms with van der Waals surface area (Å²) in [5.41, 5.74) is 0.789. The van der Waals surface area contributed by atoms with Crippen molar-refractivity contribution in [1.29, 1.82) is 0 Å². The zero-order valence-corrected chi connectivity index (χ0v) is 14.0. The lowest BCUT2D eigenvalue weighted by atomic mass is 10.0. The number of hydrogen-bond acceptors (Lipinski definition) is 5. The van der Waals surface area contributed by atoms with Gasteiger partial charge in [0.2, 0.25) is 10.8 Å². The first-order valence-electron chi connectivity index (χ1n) is 7.92. The topological polar surface area (TPSA) is 63.4 Å². The van der Waals surface area contributed by atoms with Crippen molar-refractivity contribution in [2.75, 3.05) is 6.54 Å². The fourth-order valence-corrected chi connectivity index (χ4v) is 3.83. The molecule has 1 saturated heterocycles. The highest BCUT2D eigenvalue weighted by molar-refractivity contribution is 7.19. The SMILES string of the molecule is CC1CCCCN1C(=O)c1nnc2sc(-c3ccc(F)cc3)nn12. The number of piperidine rings is 1. The van der Waals surface area contributed by atoms with Crippen LogP contribution in [0.15, 0.2) is 24.3 Å². The summed E-state index contributed by atoms with van der Waals surface area (Å²) < 4.78 is 14.6. The van der Waals surface area contributed by atoms with Crippen LogP contribution in [0, 0.1) is 5.82 Å². The predicted molar refractivity (Wildman–Crippen MR) is 88.4 cm³/mol. The zero-order valence-electron chi connectivity index (χ0n) is 13.1. The number of amides is 1. The fraction of sp³-hybridized carbons (Fsp3) is 0.375. The summed E-state index contributed by atoms with van der Waals surface area (Å²) in [7, 11) is 0. The maximum absolute atomic E-state index is 13.1. The number of aromatic nitrogens is 4. The molecule has 24 heavy (non-hydrogen) atoms. The van der Waals surface area contributed by atoms with Gasteiger partial charge in [-0.3, -0.25) is 4.79 Å². The molecule has 0 N–H and O–H groups in total. The van der Waals surface area contributed by atoms with E-state index in [2.05, 4.69) is 22.2 Å². The predicted octanol–water partition coefficient (Wildman–Crippen LogP) is 3.01. The molecule has 6 nitrogen and oxygen atoms in total. The van der Waals surface area contributed by atoms with Crippen molar-refractivity contribution >= 4 is 22.2 Å². The molecule has 0 saturated carbocycles. The second kappa shape index (κ2) is 5.94. The van der Waals surface area contributed by atoms with Crippen molar-refractivity contribution in [2.45, 2.75) is 32.2 Å². The minimum Gasteiger partial charge on any atom is -0.333 e. The van der Waals surface area contributed by atoms with Crippen LogP contribution < -0.4 is 0 Å². The molecule has 3 aromatic rings. The lowest BCUT2D eigenvalue weighted by Crippen LogP contribution is -2.42. The highest BCUT2D eigenvalue weighted by Crippen LogP contribution is 2.26. The average molecular weight is 345 g/mol. The van der Waals surface area contributed by atoms with Gasteiger partial charge in [0, 0.05) is 18.2 Å². The van der Waals surface area contributed by atoms with Crippen molar-refractivity contribution < 1.29 is 9.18 Å². The Morgan fingerprint density at radius 1 is 1.25 bits per heavy atom. The Hall–Kier alpha value is -2.35. The van der Waals surface area contributed by atoms with Crippen LogP contribution in [0.1, 0.15) is 36.8 Å². The first-order chi connectivity index (χ1) is 11.6. The van der Waals surface area contributed by atoms with Gasteiger partial charge in [-0.25, -0.2) is 4.39 Å². The van der Waals surface area contributed by atoms with Gasteiger partial charge in [-0.1, -0.05) is 11.3 Å². The smallest absolute Gasteiger partial charge is 0.293 e. The van der Waals surface area contributed by atoms with Crippen LogP contribution in [0.4, 0.5) is 4.39 Å². The summed E-state index contributed by atoms with van der Waals surface area (Å²) in [6.45, 7) is 2.80. The van der Waals surface area contributed by atoms with E-state index in [9.17, 15) is 9.18 Å². The largest absolute Gasteiger partial charge is 0.333 e. The summed E-state index contributed by atoms with van der Waals surface area (Å²) in [6.07, 6.45) is 3.16. The van der Waals surface area contributed by atoms with E-state index in [1.807, 2.05) is 4.90 Å². The highest BCUT2D eigenvalue weighted by atomic mass is 32.1. The fourth-order valence-electron chi connectivity index (χ4n) is 2.99. The minimum absolute atomic E-state index is 0.134. The van der Waals surface area contributed by atoms with Crippen LogP contribution in [-0.4, -0.2) is 43.2 Å². The monoisotopic (exact) mass is 345 g/mol. The minimum atomic E-state index is -0.295. The average Bonchev–Trinajstić information content (AvgIpc) is 3.16. The summed E-state index contributed by atoms with van der Waals surface area (Å²) in [4.78, 5) is 15.2. The molecule has 1 fully saturated rings. The van der Waals surface area contributed by atoms with E-state index >= 15 is 0 Å². The van der Waals surface area contributed by atoms with Crippen molar-refractivity contribution in [3.63, 3.8) is 0 Å². The van der Waals surface area contributed by atoms with Crippen LogP contribution in [-0.2, 0) is 0 Å². The molecule has 0 radical (unpaired) electrons. The van der Waals surface area contributed by atoms with Gasteiger partial charge in [0.15, 0.2) is 0 Å². The van der Waals surface area contributed by atoms with Gasteiger partial charge < -0.3 is 4.90 Å². The normalized spacial score (nSPS) is 18.2. The molecule has 8 heteroatoms. The van der Waals surface area contributed by atoms with Crippen LogP contribution in [0.2, 0.25) is 0 Å². The van der Waals surface area contributed by atoms with Gasteiger partial charge in [0.1, 0.15) is 10.8 Å². The van der Waals surface area contributed by atoms with Crippen LogP contribution in [0.5, 0.6) is 0 Å². The molecule has 1 aromatic carbocycles. The van der Waals surface area contributed by atoms with Gasteiger partial charge in [0.25, 0.3) is 5.91 Å². The summed E-state index contributed by atoms with van der Waals surface area (Å²) in [5.74, 6) is -0.189. The molecule has 4 rings (SSSR count). The Morgan fingerprint density at radius 3 is 2.79 bits per heavy atom. The number of carbonyl (C=O) groups excluding carboxylic acids is 1. The Morgan fingerprint density at radius 2 is 2.04 bits per heavy atom. The molecule has 2 aromatic heterocycles. The second-order valence-electron chi connectivity index (χ2n) is 5.98. The number of carbonyl (C=O) groups is 1. The molecule has 0 spiro atoms. The van der Waals surface area contributed by atoms with Gasteiger partial charge >= 0.3 is 0 Å². The number of nitrogens with zero attached hydrogens (tertiary/aromatic N) is 5. The van der Waals surface area contributed by atoms with E-state index in [1.54, 1.807) is 12.1 Å². The number of benzene rings is 1. The second-order valence-corrected chi connectivity index (χ2v) is 6.93. The molecule has 1 amide bonds. The van der Waals surface area contributed by atoms with Gasteiger partial charge in [0.05, 0.1) is 0 Å². The molecule has 124 valence electrons. The van der Waals surface area contributed by atoms with Crippen LogP contribution in [0.25, 0.3) is 15.5 Å². The Balaban J connectivity index is 1.69. The third kappa shape index (κ3) is 2.56. The van der Waals surface area contributed by atoms with Gasteiger partial charge in [-0.05, 0) is 50.5 Å². The Bertz CT molecular complexity index is 888. The maximum Gasteiger partial charge on any atom is 0.293 e. The standard InChI is InChI=1S/C16H16FN5OS/c1-10-4-2-3-9-21(10)15(23)13-18-19-16-22(13)20-14(24-16)11-5-7-12(17)8-6-11/h5-8,10H,2-4,9H2,1H3. The number of fused-ring (bicyclic) bond motifs is 1. The van der Waals surface area contributed by atoms with E-state index in [1.165, 1.54) is 28.0 Å². The van der Waals surface area contributed by atoms with Crippen molar-refractivity contribution in [3.05, 3.63) is 35.9 Å². The lowest BCUT2D eigenvalue weighted by Gasteiger charge is -2.32. The number of halogens is 1. The van der Waals surface area contributed by atoms with Crippen LogP contribution >= 0.6 is 11.3 Å². The van der Waals surface area contributed by atoms with Gasteiger partial charge in [-0.15, -0.1) is 10.2 Å². The third-order valence-corrected chi connectivity index (χ3v) is 5.29. The molecule has 1 aliphatic rings. The molecular formula is C16H16FN5OS. The first kappa shape index (κ1) is 15.2. The summed E-state index contributed by atoms with van der Waals surface area (Å²) >= 11 is 1.33. The molecule has 1 atom stereocenters. The molecule has 0 bridgehead atoms. The quantitative estimate of drug-likeness (QED) is 0.716. The van der Waals surface area contributed by atoms with E-state index < -0.39 is 0 Å². The Labute approximate surface area is 141 Å². The van der Waals surface area contributed by atoms with Crippen molar-refractivity contribution in [3.8, 4) is 10.6 Å². The highest BCUT2D eigenvalue weighted by Gasteiger charge is 2.28. The molecule has 1 aliphatic heterocycles. The number of hydrogen-bond donors (Lipinski definition) is 0. The van der Waals surface area contributed by atoms with Crippen LogP contribution in [0.3, 0.4) is 0 Å². The number of rotatable bonds is 2. The molecule has 1 unspecified atom stereocenters. The molecule has 0 aliphatic carbocycles. The summed E-state index contributed by atoms with van der Waals surface area (Å²) in [5, 5.41) is 13.2. The molecule has 3 heterocycles. The first-order valence-corrected chi connectivity index (χ1v) is 8.74. The maximum atomic E-state index is 13.1. The summed E-state index contributed by atoms with van der Waals surface area (Å²) in [6, 6.07) is 6.30. The van der Waals surface area contributed by atoms with E-state index in [0.717, 1.165) is 31.4 Å². The lowest BCUT2D eigenvalue weighted by molar-refractivity contribution is 0.0620. The number of likely N-dealkylation sites (tertiary alicyclic amines) is 1. The zero-order chi connectivity index (χ0) is 16.7. The Kier molecular flexibility index (Phi) is 3.76.